The zero-order chi connectivity index (χ0) is 20.1. The summed E-state index contributed by atoms with van der Waals surface area (Å²) in [6.07, 6.45) is 1.47. The molecule has 2 unspecified atom stereocenters. The Bertz CT molecular complexity index is 667. The SMILES string of the molecule is CCC(=O)OC(C)c1ccccc1.CCCC(=O)OC(C)c1ccccc1. The summed E-state index contributed by atoms with van der Waals surface area (Å²) < 4.78 is 10.4. The maximum absolute atomic E-state index is 11.2. The summed E-state index contributed by atoms with van der Waals surface area (Å²) in [6.45, 7) is 7.53. The fourth-order valence-electron chi connectivity index (χ4n) is 2.32. The molecule has 0 aliphatic rings. The topological polar surface area (TPSA) is 52.6 Å². The average molecular weight is 370 g/mol. The van der Waals surface area contributed by atoms with Crippen LogP contribution in [0.1, 0.15) is 70.3 Å². The van der Waals surface area contributed by atoms with Gasteiger partial charge in [-0.1, -0.05) is 74.5 Å². The van der Waals surface area contributed by atoms with Crippen molar-refractivity contribution in [3.63, 3.8) is 0 Å². The molecule has 27 heavy (non-hydrogen) atoms. The Morgan fingerprint density at radius 1 is 0.741 bits per heavy atom. The van der Waals surface area contributed by atoms with Crippen molar-refractivity contribution in [2.24, 2.45) is 0 Å². The predicted octanol–water partition coefficient (Wildman–Crippen LogP) is 5.79. The van der Waals surface area contributed by atoms with E-state index < -0.39 is 0 Å². The maximum atomic E-state index is 11.2. The molecule has 2 aromatic rings. The molecule has 146 valence electrons. The molecule has 0 aliphatic heterocycles. The van der Waals surface area contributed by atoms with Gasteiger partial charge >= 0.3 is 11.9 Å². The highest BCUT2D eigenvalue weighted by Crippen LogP contribution is 2.17. The van der Waals surface area contributed by atoms with Gasteiger partial charge in [-0.3, -0.25) is 9.59 Å². The molecule has 0 heterocycles. The van der Waals surface area contributed by atoms with Crippen molar-refractivity contribution in [3.8, 4) is 0 Å². The van der Waals surface area contributed by atoms with Crippen LogP contribution in [-0.2, 0) is 19.1 Å². The number of benzene rings is 2. The van der Waals surface area contributed by atoms with Crippen molar-refractivity contribution in [1.82, 2.24) is 0 Å². The molecule has 2 atom stereocenters. The average Bonchev–Trinajstić information content (AvgIpc) is 2.69. The minimum atomic E-state index is -0.156. The Kier molecular flexibility index (Phi) is 10.5. The lowest BCUT2D eigenvalue weighted by Gasteiger charge is -2.12. The Morgan fingerprint density at radius 3 is 1.52 bits per heavy atom. The first-order valence-electron chi connectivity index (χ1n) is 9.46. The van der Waals surface area contributed by atoms with Gasteiger partial charge in [-0.05, 0) is 31.4 Å². The minimum absolute atomic E-state index is 0.121. The zero-order valence-corrected chi connectivity index (χ0v) is 16.7. The van der Waals surface area contributed by atoms with Crippen molar-refractivity contribution in [1.29, 1.82) is 0 Å². The van der Waals surface area contributed by atoms with Gasteiger partial charge in [0.1, 0.15) is 12.2 Å². The van der Waals surface area contributed by atoms with Crippen molar-refractivity contribution < 1.29 is 19.1 Å². The molecule has 0 aromatic heterocycles. The number of carbonyl (C=O) groups excluding carboxylic acids is 2. The third-order valence-electron chi connectivity index (χ3n) is 3.90. The number of hydrogen-bond acceptors (Lipinski definition) is 4. The zero-order valence-electron chi connectivity index (χ0n) is 16.7. The fraction of sp³-hybridized carbons (Fsp3) is 0.391. The van der Waals surface area contributed by atoms with Crippen LogP contribution in [0.15, 0.2) is 60.7 Å². The van der Waals surface area contributed by atoms with Gasteiger partial charge in [-0.25, -0.2) is 0 Å². The quantitative estimate of drug-likeness (QED) is 0.579. The fourth-order valence-corrected chi connectivity index (χ4v) is 2.32. The Balaban J connectivity index is 0.000000271. The van der Waals surface area contributed by atoms with Crippen molar-refractivity contribution in [3.05, 3.63) is 71.8 Å². The second kappa shape index (κ2) is 12.7. The van der Waals surface area contributed by atoms with Crippen LogP contribution < -0.4 is 0 Å². The molecule has 0 N–H and O–H groups in total. The summed E-state index contributed by atoms with van der Waals surface area (Å²) in [6, 6.07) is 19.5. The van der Waals surface area contributed by atoms with E-state index in [0.717, 1.165) is 17.5 Å². The summed E-state index contributed by atoms with van der Waals surface area (Å²) in [5.74, 6) is -0.278. The van der Waals surface area contributed by atoms with Crippen molar-refractivity contribution in [2.45, 2.75) is 59.2 Å². The molecule has 2 aromatic carbocycles. The van der Waals surface area contributed by atoms with Crippen molar-refractivity contribution >= 4 is 11.9 Å². The maximum Gasteiger partial charge on any atom is 0.306 e. The molecule has 0 saturated carbocycles. The first kappa shape index (κ1) is 22.4. The van der Waals surface area contributed by atoms with Crippen LogP contribution >= 0.6 is 0 Å². The van der Waals surface area contributed by atoms with Gasteiger partial charge in [-0.2, -0.15) is 0 Å². The first-order valence-corrected chi connectivity index (χ1v) is 9.46. The Hall–Kier alpha value is -2.62. The molecule has 0 aliphatic carbocycles. The monoisotopic (exact) mass is 370 g/mol. The van der Waals surface area contributed by atoms with Gasteiger partial charge in [-0.15, -0.1) is 0 Å². The van der Waals surface area contributed by atoms with Crippen LogP contribution in [0.4, 0.5) is 0 Å². The van der Waals surface area contributed by atoms with Crippen LogP contribution in [0.3, 0.4) is 0 Å². The molecule has 0 fully saturated rings. The molecule has 0 radical (unpaired) electrons. The summed E-state index contributed by atoms with van der Waals surface area (Å²) in [5.41, 5.74) is 2.07. The van der Waals surface area contributed by atoms with Crippen LogP contribution in [0.2, 0.25) is 0 Å². The Labute approximate surface area is 162 Å². The highest BCUT2D eigenvalue weighted by Gasteiger charge is 2.10. The predicted molar refractivity (Wildman–Crippen MR) is 107 cm³/mol. The summed E-state index contributed by atoms with van der Waals surface area (Å²) in [5, 5.41) is 0. The van der Waals surface area contributed by atoms with E-state index in [1.807, 2.05) is 81.4 Å². The highest BCUT2D eigenvalue weighted by molar-refractivity contribution is 5.69. The van der Waals surface area contributed by atoms with E-state index in [9.17, 15) is 9.59 Å². The molecule has 0 bridgehead atoms. The third-order valence-corrected chi connectivity index (χ3v) is 3.90. The second-order valence-electron chi connectivity index (χ2n) is 6.19. The highest BCUT2D eigenvalue weighted by atomic mass is 16.5. The number of carbonyl (C=O) groups is 2. The molecular formula is C23H30O4. The number of esters is 2. The van der Waals surface area contributed by atoms with Gasteiger partial charge in [0, 0.05) is 12.8 Å². The van der Waals surface area contributed by atoms with Gasteiger partial charge < -0.3 is 9.47 Å². The lowest BCUT2D eigenvalue weighted by Crippen LogP contribution is -2.07. The number of hydrogen-bond donors (Lipinski definition) is 0. The number of ether oxygens (including phenoxy) is 2. The third kappa shape index (κ3) is 9.04. The minimum Gasteiger partial charge on any atom is -0.458 e. The van der Waals surface area contributed by atoms with E-state index in [2.05, 4.69) is 0 Å². The van der Waals surface area contributed by atoms with Gasteiger partial charge in [0.2, 0.25) is 0 Å². The lowest BCUT2D eigenvalue weighted by molar-refractivity contribution is -0.149. The summed E-state index contributed by atoms with van der Waals surface area (Å²) in [4.78, 5) is 22.2. The molecule has 0 spiro atoms. The van der Waals surface area contributed by atoms with Gasteiger partial charge in [0.25, 0.3) is 0 Å². The van der Waals surface area contributed by atoms with E-state index in [4.69, 9.17) is 9.47 Å². The molecule has 0 amide bonds. The molecule has 4 heteroatoms. The normalized spacial score (nSPS) is 12.1. The van der Waals surface area contributed by atoms with E-state index >= 15 is 0 Å². The van der Waals surface area contributed by atoms with Crippen molar-refractivity contribution in [2.75, 3.05) is 0 Å². The molecular weight excluding hydrogens is 340 g/mol. The van der Waals surface area contributed by atoms with E-state index in [-0.39, 0.29) is 24.1 Å². The lowest BCUT2D eigenvalue weighted by atomic mass is 10.1. The van der Waals surface area contributed by atoms with Crippen LogP contribution in [0, 0.1) is 0 Å². The smallest absolute Gasteiger partial charge is 0.306 e. The Morgan fingerprint density at radius 2 is 1.15 bits per heavy atom. The largest absolute Gasteiger partial charge is 0.458 e. The van der Waals surface area contributed by atoms with E-state index in [1.54, 1.807) is 6.92 Å². The van der Waals surface area contributed by atoms with Gasteiger partial charge in [0.05, 0.1) is 0 Å². The van der Waals surface area contributed by atoms with Crippen LogP contribution in [0.5, 0.6) is 0 Å². The molecule has 0 saturated heterocycles. The summed E-state index contributed by atoms with van der Waals surface area (Å²) in [7, 11) is 0. The van der Waals surface area contributed by atoms with Crippen LogP contribution in [0.25, 0.3) is 0 Å². The summed E-state index contributed by atoms with van der Waals surface area (Å²) >= 11 is 0. The standard InChI is InChI=1S/C12H16O2.C11H14O2/c1-3-7-12(13)14-10(2)11-8-5-4-6-9-11;1-3-11(12)13-9(2)10-7-5-4-6-8-10/h4-6,8-10H,3,7H2,1-2H3;4-9H,3H2,1-2H3. The van der Waals surface area contributed by atoms with Crippen LogP contribution in [-0.4, -0.2) is 11.9 Å². The van der Waals surface area contributed by atoms with Gasteiger partial charge in [0.15, 0.2) is 0 Å². The second-order valence-corrected chi connectivity index (χ2v) is 6.19. The van der Waals surface area contributed by atoms with E-state index in [0.29, 0.717) is 12.8 Å². The van der Waals surface area contributed by atoms with E-state index in [1.165, 1.54) is 0 Å². The molecule has 4 nitrogen and oxygen atoms in total. The first-order chi connectivity index (χ1) is 13.0. The molecule has 2 rings (SSSR count). The number of rotatable bonds is 7.